The van der Waals surface area contributed by atoms with E-state index in [1.807, 2.05) is 18.2 Å². The van der Waals surface area contributed by atoms with Crippen LogP contribution in [0, 0.1) is 0 Å². The highest BCUT2D eigenvalue weighted by Crippen LogP contribution is 2.36. The van der Waals surface area contributed by atoms with Crippen LogP contribution in [0.3, 0.4) is 0 Å². The Hall–Kier alpha value is -1.42. The lowest BCUT2D eigenvalue weighted by atomic mass is 10.1. The lowest BCUT2D eigenvalue weighted by molar-refractivity contribution is 0.0705. The van der Waals surface area contributed by atoms with E-state index in [1.165, 1.54) is 0 Å². The Balaban J connectivity index is 2.01. The lowest BCUT2D eigenvalue weighted by Gasteiger charge is -2.41. The topological polar surface area (TPSA) is 47.7 Å². The summed E-state index contributed by atoms with van der Waals surface area (Å²) in [5, 5.41) is 0. The van der Waals surface area contributed by atoms with Gasteiger partial charge in [-0.15, -0.1) is 0 Å². The van der Waals surface area contributed by atoms with Gasteiger partial charge in [-0.2, -0.15) is 0 Å². The normalized spacial score (nSPS) is 24.0. The molecule has 80 valence electrons. The van der Waals surface area contributed by atoms with E-state index in [9.17, 15) is 0 Å². The van der Waals surface area contributed by atoms with Crippen LogP contribution in [0.4, 0.5) is 11.4 Å². The van der Waals surface area contributed by atoms with E-state index in [-0.39, 0.29) is 0 Å². The number of nitrogen functional groups attached to an aromatic ring is 1. The molecule has 1 aromatic carbocycles. The van der Waals surface area contributed by atoms with Gasteiger partial charge >= 0.3 is 0 Å². The summed E-state index contributed by atoms with van der Waals surface area (Å²) < 4.78 is 11.1. The van der Waals surface area contributed by atoms with E-state index in [0.29, 0.717) is 12.6 Å². The number of morpholine rings is 1. The van der Waals surface area contributed by atoms with Crippen LogP contribution in [0.1, 0.15) is 0 Å². The molecule has 0 spiro atoms. The van der Waals surface area contributed by atoms with Crippen LogP contribution in [0.5, 0.6) is 5.75 Å². The zero-order valence-electron chi connectivity index (χ0n) is 8.48. The summed E-state index contributed by atoms with van der Waals surface area (Å²) in [5.74, 6) is 0.933. The summed E-state index contributed by atoms with van der Waals surface area (Å²) >= 11 is 0. The molecule has 0 bridgehead atoms. The third kappa shape index (κ3) is 1.41. The Morgan fingerprint density at radius 2 is 2.27 bits per heavy atom. The lowest BCUT2D eigenvalue weighted by Crippen LogP contribution is -2.51. The number of benzene rings is 1. The number of hydrogen-bond donors (Lipinski definition) is 1. The molecular weight excluding hydrogens is 192 g/mol. The van der Waals surface area contributed by atoms with E-state index in [1.54, 1.807) is 0 Å². The first-order chi connectivity index (χ1) is 7.34. The van der Waals surface area contributed by atoms with Gasteiger partial charge in [0.25, 0.3) is 0 Å². The predicted molar refractivity (Wildman–Crippen MR) is 58.3 cm³/mol. The van der Waals surface area contributed by atoms with Gasteiger partial charge in [0, 0.05) is 12.2 Å². The molecule has 0 aliphatic carbocycles. The molecule has 1 unspecified atom stereocenters. The zero-order chi connectivity index (χ0) is 10.3. The van der Waals surface area contributed by atoms with E-state index in [0.717, 1.165) is 36.9 Å². The maximum Gasteiger partial charge on any atom is 0.142 e. The molecule has 0 radical (unpaired) electrons. The molecule has 2 aliphatic rings. The number of fused-ring (bicyclic) bond motifs is 3. The Morgan fingerprint density at radius 3 is 3.20 bits per heavy atom. The Morgan fingerprint density at radius 1 is 1.33 bits per heavy atom. The highest BCUT2D eigenvalue weighted by Gasteiger charge is 2.30. The largest absolute Gasteiger partial charge is 0.489 e. The van der Waals surface area contributed by atoms with Crippen LogP contribution in [0.2, 0.25) is 0 Å². The zero-order valence-corrected chi connectivity index (χ0v) is 8.48. The fourth-order valence-corrected chi connectivity index (χ4v) is 2.18. The van der Waals surface area contributed by atoms with Crippen LogP contribution >= 0.6 is 0 Å². The second kappa shape index (κ2) is 3.31. The molecule has 0 aromatic heterocycles. The third-order valence-electron chi connectivity index (χ3n) is 2.95. The maximum atomic E-state index is 5.79. The second-order valence-electron chi connectivity index (χ2n) is 3.96. The first kappa shape index (κ1) is 8.85. The van der Waals surface area contributed by atoms with Crippen molar-refractivity contribution in [1.29, 1.82) is 0 Å². The minimum absolute atomic E-state index is 0.341. The molecule has 2 N–H and O–H groups in total. The highest BCUT2D eigenvalue weighted by atomic mass is 16.5. The molecule has 3 rings (SSSR count). The summed E-state index contributed by atoms with van der Waals surface area (Å²) in [6.45, 7) is 3.15. The van der Waals surface area contributed by atoms with Crippen LogP contribution in [-0.2, 0) is 4.74 Å². The van der Waals surface area contributed by atoms with Crippen molar-refractivity contribution in [1.82, 2.24) is 0 Å². The summed E-state index contributed by atoms with van der Waals surface area (Å²) in [6.07, 6.45) is 0. The third-order valence-corrected chi connectivity index (χ3v) is 2.95. The molecule has 4 heteroatoms. The molecule has 2 aliphatic heterocycles. The minimum Gasteiger partial charge on any atom is -0.489 e. The summed E-state index contributed by atoms with van der Waals surface area (Å²) in [7, 11) is 0. The van der Waals surface area contributed by atoms with Crippen molar-refractivity contribution in [2.75, 3.05) is 37.0 Å². The van der Waals surface area contributed by atoms with Crippen LogP contribution in [-0.4, -0.2) is 32.4 Å². The quantitative estimate of drug-likeness (QED) is 0.640. The fourth-order valence-electron chi connectivity index (χ4n) is 2.18. The number of anilines is 2. The standard InChI is InChI=1S/C11H14N2O2/c12-8-1-2-11-10(5-8)13-3-4-14-6-9(13)7-15-11/h1-2,5,9H,3-4,6-7,12H2. The van der Waals surface area contributed by atoms with Crippen molar-refractivity contribution in [3.8, 4) is 5.75 Å². The maximum absolute atomic E-state index is 5.79. The Bertz CT molecular complexity index is 381. The van der Waals surface area contributed by atoms with Crippen molar-refractivity contribution in [3.05, 3.63) is 18.2 Å². The van der Waals surface area contributed by atoms with Crippen molar-refractivity contribution >= 4 is 11.4 Å². The van der Waals surface area contributed by atoms with Gasteiger partial charge in [0.1, 0.15) is 12.4 Å². The fraction of sp³-hybridized carbons (Fsp3) is 0.455. The molecule has 4 nitrogen and oxygen atoms in total. The van der Waals surface area contributed by atoms with Gasteiger partial charge in [0.15, 0.2) is 0 Å². The SMILES string of the molecule is Nc1ccc2c(c1)N1CCOCC1CO2. The molecule has 1 fully saturated rings. The average Bonchev–Trinajstić information content (AvgIpc) is 2.29. The summed E-state index contributed by atoms with van der Waals surface area (Å²) in [4.78, 5) is 2.33. The second-order valence-corrected chi connectivity index (χ2v) is 3.96. The number of nitrogens with zero attached hydrogens (tertiary/aromatic N) is 1. The monoisotopic (exact) mass is 206 g/mol. The van der Waals surface area contributed by atoms with Gasteiger partial charge in [-0.05, 0) is 18.2 Å². The van der Waals surface area contributed by atoms with Crippen molar-refractivity contribution in [3.63, 3.8) is 0 Å². The number of ether oxygens (including phenoxy) is 2. The Kier molecular flexibility index (Phi) is 1.95. The molecule has 0 amide bonds. The van der Waals surface area contributed by atoms with Gasteiger partial charge in [-0.25, -0.2) is 0 Å². The number of nitrogens with two attached hydrogens (primary N) is 1. The van der Waals surface area contributed by atoms with Gasteiger partial charge in [-0.1, -0.05) is 0 Å². The smallest absolute Gasteiger partial charge is 0.142 e. The van der Waals surface area contributed by atoms with Gasteiger partial charge in [-0.3, -0.25) is 0 Å². The van der Waals surface area contributed by atoms with Gasteiger partial charge in [0.05, 0.1) is 24.9 Å². The highest BCUT2D eigenvalue weighted by molar-refractivity contribution is 5.66. The number of hydrogen-bond acceptors (Lipinski definition) is 4. The van der Waals surface area contributed by atoms with Crippen LogP contribution < -0.4 is 15.4 Å². The summed E-state index contributed by atoms with van der Waals surface area (Å²) in [5.41, 5.74) is 7.68. The van der Waals surface area contributed by atoms with Crippen LogP contribution in [0.15, 0.2) is 18.2 Å². The minimum atomic E-state index is 0.341. The van der Waals surface area contributed by atoms with Gasteiger partial charge < -0.3 is 20.1 Å². The van der Waals surface area contributed by atoms with E-state index in [2.05, 4.69) is 4.90 Å². The predicted octanol–water partition coefficient (Wildman–Crippen LogP) is 0.866. The van der Waals surface area contributed by atoms with Crippen molar-refractivity contribution < 1.29 is 9.47 Å². The molecule has 1 saturated heterocycles. The van der Waals surface area contributed by atoms with E-state index < -0.39 is 0 Å². The molecule has 1 aromatic rings. The molecule has 2 heterocycles. The summed E-state index contributed by atoms with van der Waals surface area (Å²) in [6, 6.07) is 6.14. The molecule has 15 heavy (non-hydrogen) atoms. The van der Waals surface area contributed by atoms with E-state index >= 15 is 0 Å². The van der Waals surface area contributed by atoms with Crippen molar-refractivity contribution in [2.45, 2.75) is 6.04 Å². The average molecular weight is 206 g/mol. The first-order valence-electron chi connectivity index (χ1n) is 5.21. The number of rotatable bonds is 0. The van der Waals surface area contributed by atoms with Crippen LogP contribution in [0.25, 0.3) is 0 Å². The Labute approximate surface area is 88.6 Å². The van der Waals surface area contributed by atoms with Crippen molar-refractivity contribution in [2.24, 2.45) is 0 Å². The van der Waals surface area contributed by atoms with Gasteiger partial charge in [0.2, 0.25) is 0 Å². The van der Waals surface area contributed by atoms with E-state index in [4.69, 9.17) is 15.2 Å². The molecule has 0 saturated carbocycles. The first-order valence-corrected chi connectivity index (χ1v) is 5.21. The molecular formula is C11H14N2O2. The molecule has 1 atom stereocenters.